The van der Waals surface area contributed by atoms with Gasteiger partial charge in [0.2, 0.25) is 0 Å². The number of hydrogen-bond acceptors (Lipinski definition) is 6. The van der Waals surface area contributed by atoms with Crippen molar-refractivity contribution in [2.24, 2.45) is 5.92 Å². The first-order valence-corrected chi connectivity index (χ1v) is 14.5. The molecule has 3 fully saturated rings. The average molecular weight is 576 g/mol. The van der Waals surface area contributed by atoms with Crippen molar-refractivity contribution in [2.45, 2.75) is 70.2 Å². The van der Waals surface area contributed by atoms with Crippen LogP contribution in [-0.2, 0) is 4.74 Å². The number of urea groups is 1. The minimum atomic E-state index is -4.22. The highest BCUT2D eigenvalue weighted by molar-refractivity contribution is 5.91. The zero-order valence-corrected chi connectivity index (χ0v) is 23.8. The van der Waals surface area contributed by atoms with E-state index >= 15 is 0 Å². The number of anilines is 3. The number of likely N-dealkylation sites (tertiary alicyclic amines) is 1. The molecule has 0 bridgehead atoms. The number of nitrogens with one attached hydrogen (secondary N) is 2. The molecule has 0 radical (unpaired) electrons. The molecule has 8 nitrogen and oxygen atoms in total. The summed E-state index contributed by atoms with van der Waals surface area (Å²) in [7, 11) is 0. The molecule has 3 heterocycles. The topological polar surface area (TPSA) is 90.0 Å². The highest BCUT2D eigenvalue weighted by Crippen LogP contribution is 2.35. The molecule has 1 aromatic carbocycles. The number of aryl methyl sites for hydroxylation is 1. The summed E-state index contributed by atoms with van der Waals surface area (Å²) in [6.07, 6.45) is -1.57. The Labute approximate surface area is 239 Å². The first-order chi connectivity index (χ1) is 19.4. The molecule has 2 aliphatic heterocycles. The van der Waals surface area contributed by atoms with Gasteiger partial charge in [0.05, 0.1) is 18.8 Å². The summed E-state index contributed by atoms with van der Waals surface area (Å²) in [6.45, 7) is 7.05. The van der Waals surface area contributed by atoms with Crippen LogP contribution in [0.15, 0.2) is 30.3 Å². The number of rotatable bonds is 6. The number of aliphatic hydroxyl groups is 1. The summed E-state index contributed by atoms with van der Waals surface area (Å²) in [5, 5.41) is 16.9. The maximum absolute atomic E-state index is 12.9. The molecule has 1 atom stereocenters. The fourth-order valence-electron chi connectivity index (χ4n) is 6.02. The van der Waals surface area contributed by atoms with Gasteiger partial charge in [0.15, 0.2) is 0 Å². The normalized spacial score (nSPS) is 25.3. The van der Waals surface area contributed by atoms with Crippen LogP contribution in [0.5, 0.6) is 0 Å². The van der Waals surface area contributed by atoms with E-state index in [2.05, 4.69) is 21.6 Å². The number of nitrogens with zero attached hydrogens (tertiary/aromatic N) is 3. The zero-order valence-electron chi connectivity index (χ0n) is 23.8. The Bertz CT molecular complexity index is 1220. The molecule has 41 heavy (non-hydrogen) atoms. The van der Waals surface area contributed by atoms with Crippen molar-refractivity contribution < 1.29 is 27.8 Å². The summed E-state index contributed by atoms with van der Waals surface area (Å²) in [4.78, 5) is 21.5. The molecule has 1 aromatic heterocycles. The Morgan fingerprint density at radius 2 is 1.85 bits per heavy atom. The SMILES string of the molecule is Cc1ccc(NC(=O)N2CC[C@@H](CC(F)(F)F)C2)cc1-c1cc(NC2CCC(C)(O)CC2)nc(N2CCOCC2)c1. The third kappa shape index (κ3) is 7.82. The lowest BCUT2D eigenvalue weighted by Gasteiger charge is -2.34. The first-order valence-electron chi connectivity index (χ1n) is 14.5. The van der Waals surface area contributed by atoms with Gasteiger partial charge in [-0.3, -0.25) is 0 Å². The van der Waals surface area contributed by atoms with Crippen molar-refractivity contribution in [1.29, 1.82) is 0 Å². The second kappa shape index (κ2) is 12.1. The predicted octanol–water partition coefficient (Wildman–Crippen LogP) is 5.81. The van der Waals surface area contributed by atoms with Crippen LogP contribution in [0, 0.1) is 12.8 Å². The lowest BCUT2D eigenvalue weighted by molar-refractivity contribution is -0.143. The van der Waals surface area contributed by atoms with Crippen LogP contribution in [-0.4, -0.2) is 78.2 Å². The zero-order chi connectivity index (χ0) is 29.2. The minimum absolute atomic E-state index is 0.100. The Morgan fingerprint density at radius 3 is 2.56 bits per heavy atom. The Morgan fingerprint density at radius 1 is 1.12 bits per heavy atom. The number of alkyl halides is 3. The second-order valence-corrected chi connectivity index (χ2v) is 12.0. The van der Waals surface area contributed by atoms with Gasteiger partial charge in [0.25, 0.3) is 0 Å². The number of benzene rings is 1. The molecule has 2 amide bonds. The van der Waals surface area contributed by atoms with Crippen molar-refractivity contribution in [2.75, 3.05) is 54.9 Å². The van der Waals surface area contributed by atoms with Crippen molar-refractivity contribution in [3.8, 4) is 11.1 Å². The van der Waals surface area contributed by atoms with Gasteiger partial charge in [-0.25, -0.2) is 9.78 Å². The molecule has 1 saturated carbocycles. The number of morpholine rings is 1. The number of halogens is 3. The van der Waals surface area contributed by atoms with Crippen molar-refractivity contribution in [1.82, 2.24) is 9.88 Å². The van der Waals surface area contributed by atoms with E-state index < -0.39 is 24.1 Å². The lowest BCUT2D eigenvalue weighted by atomic mass is 9.83. The number of hydrogen-bond donors (Lipinski definition) is 3. The van der Waals surface area contributed by atoms with E-state index in [0.29, 0.717) is 31.9 Å². The Hall–Kier alpha value is -3.05. The molecule has 5 rings (SSSR count). The van der Waals surface area contributed by atoms with E-state index in [9.17, 15) is 23.1 Å². The van der Waals surface area contributed by atoms with Gasteiger partial charge in [0.1, 0.15) is 11.6 Å². The van der Waals surface area contributed by atoms with Crippen LogP contribution >= 0.6 is 0 Å². The number of ether oxygens (including phenoxy) is 1. The standard InChI is InChI=1S/C30H40F3N5O3/c1-20-3-4-24(35-28(39)38-10-7-21(19-38)18-30(31,32)33)17-25(20)22-15-26(34-23-5-8-29(2,40)9-6-23)36-27(16-22)37-11-13-41-14-12-37/h3-4,15-17,21,23,40H,5-14,18-19H2,1-2H3,(H,34,36)(H,35,39)/t21-,23?,29?/m0/s1. The maximum Gasteiger partial charge on any atom is 0.389 e. The van der Waals surface area contributed by atoms with E-state index in [1.807, 2.05) is 38.1 Å². The van der Waals surface area contributed by atoms with Crippen LogP contribution < -0.4 is 15.5 Å². The number of pyridine rings is 1. The second-order valence-electron chi connectivity index (χ2n) is 12.0. The third-order valence-corrected chi connectivity index (χ3v) is 8.45. The number of carbonyl (C=O) groups excluding carboxylic acids is 1. The molecule has 2 aromatic rings. The molecule has 0 spiro atoms. The molecular formula is C30H40F3N5O3. The van der Waals surface area contributed by atoms with E-state index in [0.717, 1.165) is 67.1 Å². The smallest absolute Gasteiger partial charge is 0.389 e. The number of amides is 2. The quantitative estimate of drug-likeness (QED) is 0.403. The van der Waals surface area contributed by atoms with Crippen LogP contribution in [0.2, 0.25) is 0 Å². The average Bonchev–Trinajstić information content (AvgIpc) is 3.38. The van der Waals surface area contributed by atoms with Gasteiger partial charge < -0.3 is 30.3 Å². The van der Waals surface area contributed by atoms with Crippen molar-refractivity contribution in [3.63, 3.8) is 0 Å². The molecular weight excluding hydrogens is 535 g/mol. The first kappa shape index (κ1) is 29.4. The predicted molar refractivity (Wildman–Crippen MR) is 153 cm³/mol. The maximum atomic E-state index is 12.9. The van der Waals surface area contributed by atoms with E-state index in [1.165, 1.54) is 4.90 Å². The third-order valence-electron chi connectivity index (χ3n) is 8.45. The van der Waals surface area contributed by atoms with E-state index in [-0.39, 0.29) is 18.6 Å². The summed E-state index contributed by atoms with van der Waals surface area (Å²) >= 11 is 0. The minimum Gasteiger partial charge on any atom is -0.390 e. The molecule has 2 saturated heterocycles. The monoisotopic (exact) mass is 575 g/mol. The summed E-state index contributed by atoms with van der Waals surface area (Å²) in [5.74, 6) is 1.04. The van der Waals surface area contributed by atoms with Crippen molar-refractivity contribution >= 4 is 23.4 Å². The molecule has 11 heteroatoms. The van der Waals surface area contributed by atoms with Gasteiger partial charge in [0, 0.05) is 44.3 Å². The molecule has 1 aliphatic carbocycles. The van der Waals surface area contributed by atoms with E-state index in [1.54, 1.807) is 0 Å². The number of aromatic nitrogens is 1. The van der Waals surface area contributed by atoms with Gasteiger partial charge in [-0.1, -0.05) is 6.07 Å². The van der Waals surface area contributed by atoms with Gasteiger partial charge in [-0.2, -0.15) is 13.2 Å². The highest BCUT2D eigenvalue weighted by atomic mass is 19.4. The molecule has 224 valence electrons. The summed E-state index contributed by atoms with van der Waals surface area (Å²) in [6, 6.07) is 9.57. The van der Waals surface area contributed by atoms with Gasteiger partial charge >= 0.3 is 12.2 Å². The fourth-order valence-corrected chi connectivity index (χ4v) is 6.02. The fraction of sp³-hybridized carbons (Fsp3) is 0.600. The van der Waals surface area contributed by atoms with Crippen LogP contribution in [0.3, 0.4) is 0 Å². The largest absolute Gasteiger partial charge is 0.390 e. The molecule has 3 aliphatic rings. The van der Waals surface area contributed by atoms with Gasteiger partial charge in [-0.05, 0) is 92.8 Å². The van der Waals surface area contributed by atoms with Crippen LogP contribution in [0.1, 0.15) is 51.0 Å². The van der Waals surface area contributed by atoms with Gasteiger partial charge in [-0.15, -0.1) is 0 Å². The molecule has 3 N–H and O–H groups in total. The van der Waals surface area contributed by atoms with Crippen molar-refractivity contribution in [3.05, 3.63) is 35.9 Å². The number of carbonyl (C=O) groups is 1. The van der Waals surface area contributed by atoms with Crippen LogP contribution in [0.25, 0.3) is 11.1 Å². The van der Waals surface area contributed by atoms with Crippen LogP contribution in [0.4, 0.5) is 35.3 Å². The molecule has 0 unspecified atom stereocenters. The Kier molecular flexibility index (Phi) is 8.65. The highest BCUT2D eigenvalue weighted by Gasteiger charge is 2.36. The Balaban J connectivity index is 1.36. The lowest BCUT2D eigenvalue weighted by Crippen LogP contribution is -2.37. The summed E-state index contributed by atoms with van der Waals surface area (Å²) < 4.78 is 44.0. The summed E-state index contributed by atoms with van der Waals surface area (Å²) in [5.41, 5.74) is 2.87. The van der Waals surface area contributed by atoms with E-state index in [4.69, 9.17) is 9.72 Å².